The number of aromatic nitrogens is 4. The highest BCUT2D eigenvalue weighted by Crippen LogP contribution is 2.18. The predicted molar refractivity (Wildman–Crippen MR) is 130 cm³/mol. The van der Waals surface area contributed by atoms with Crippen LogP contribution in [0.4, 0.5) is 0 Å². The smallest absolute Gasteiger partial charge is 0.228 e. The van der Waals surface area contributed by atoms with Crippen LogP contribution in [-0.2, 0) is 13.0 Å². The van der Waals surface area contributed by atoms with Crippen molar-refractivity contribution >= 4 is 41.5 Å². The maximum absolute atomic E-state index is 5.91. The molecule has 0 spiro atoms. The van der Waals surface area contributed by atoms with Gasteiger partial charge in [0.2, 0.25) is 11.7 Å². The monoisotopic (exact) mass is 543 g/mol. The van der Waals surface area contributed by atoms with Crippen LogP contribution in [0.1, 0.15) is 23.7 Å². The lowest BCUT2D eigenvalue weighted by atomic mass is 10.2. The Balaban J connectivity index is 0.00000320. The number of hydrogen-bond donors (Lipinski definition) is 2. The normalized spacial score (nSPS) is 11.3. The first-order valence-electron chi connectivity index (χ1n) is 9.59. The van der Waals surface area contributed by atoms with Crippen molar-refractivity contribution in [3.63, 3.8) is 0 Å². The van der Waals surface area contributed by atoms with Gasteiger partial charge in [-0.05, 0) is 50.6 Å². The summed E-state index contributed by atoms with van der Waals surface area (Å²) in [5.41, 5.74) is 3.10. The summed E-state index contributed by atoms with van der Waals surface area (Å²) in [5, 5.41) is 15.7. The Hall–Kier alpha value is -2.14. The quantitative estimate of drug-likeness (QED) is 0.195. The first kappa shape index (κ1) is 24.1. The fourth-order valence-corrected chi connectivity index (χ4v) is 3.04. The first-order valence-corrected chi connectivity index (χ1v) is 9.97. The number of benzene rings is 1. The lowest BCUT2D eigenvalue weighted by Crippen LogP contribution is -2.39. The van der Waals surface area contributed by atoms with E-state index in [9.17, 15) is 0 Å². The average Bonchev–Trinajstić information content (AvgIpc) is 3.30. The van der Waals surface area contributed by atoms with Gasteiger partial charge in [0.05, 0.1) is 5.69 Å². The minimum absolute atomic E-state index is 0. The molecule has 162 valence electrons. The molecule has 0 fully saturated rings. The van der Waals surface area contributed by atoms with Crippen LogP contribution in [0.5, 0.6) is 0 Å². The minimum Gasteiger partial charge on any atom is -0.356 e. The third-order valence-electron chi connectivity index (χ3n) is 4.37. The second-order valence-electron chi connectivity index (χ2n) is 6.70. The van der Waals surface area contributed by atoms with E-state index >= 15 is 0 Å². The summed E-state index contributed by atoms with van der Waals surface area (Å²) in [6.07, 6.45) is 1.56. The number of hydrogen-bond acceptors (Lipinski definition) is 5. The predicted octanol–water partition coefficient (Wildman–Crippen LogP) is 3.62. The fourth-order valence-electron chi connectivity index (χ4n) is 2.92. The highest BCUT2D eigenvalue weighted by Gasteiger charge is 2.09. The van der Waals surface area contributed by atoms with Crippen molar-refractivity contribution in [1.29, 1.82) is 0 Å². The van der Waals surface area contributed by atoms with Crippen LogP contribution in [0.2, 0.25) is 5.02 Å². The molecule has 0 saturated carbocycles. The second-order valence-corrected chi connectivity index (χ2v) is 7.13. The lowest BCUT2D eigenvalue weighted by molar-refractivity contribution is 0.378. The molecule has 3 rings (SSSR count). The summed E-state index contributed by atoms with van der Waals surface area (Å²) in [6.45, 7) is 6.40. The SMILES string of the molecule is CN=C(NCCCn1nc(C)cc1C)NCCc1nc(-c2ccc(Cl)cc2)no1.I. The van der Waals surface area contributed by atoms with Gasteiger partial charge in [0.25, 0.3) is 0 Å². The number of nitrogens with zero attached hydrogens (tertiary/aromatic N) is 5. The van der Waals surface area contributed by atoms with Crippen LogP contribution in [0, 0.1) is 13.8 Å². The van der Waals surface area contributed by atoms with E-state index in [-0.39, 0.29) is 24.0 Å². The summed E-state index contributed by atoms with van der Waals surface area (Å²) in [4.78, 5) is 8.66. The molecule has 0 amide bonds. The molecule has 2 N–H and O–H groups in total. The second kappa shape index (κ2) is 11.9. The highest BCUT2D eigenvalue weighted by molar-refractivity contribution is 14.0. The van der Waals surface area contributed by atoms with Crippen molar-refractivity contribution in [2.75, 3.05) is 20.1 Å². The van der Waals surface area contributed by atoms with E-state index in [1.165, 1.54) is 5.69 Å². The van der Waals surface area contributed by atoms with Crippen molar-refractivity contribution < 1.29 is 4.52 Å². The molecule has 3 aromatic rings. The Kier molecular flexibility index (Phi) is 9.57. The van der Waals surface area contributed by atoms with E-state index in [0.717, 1.165) is 36.7 Å². The zero-order valence-corrected chi connectivity index (χ0v) is 20.4. The Morgan fingerprint density at radius 1 is 1.17 bits per heavy atom. The van der Waals surface area contributed by atoms with Gasteiger partial charge in [-0.1, -0.05) is 16.8 Å². The lowest BCUT2D eigenvalue weighted by Gasteiger charge is -2.11. The maximum atomic E-state index is 5.91. The summed E-state index contributed by atoms with van der Waals surface area (Å²) >= 11 is 5.91. The molecule has 10 heteroatoms. The van der Waals surface area contributed by atoms with E-state index < -0.39 is 0 Å². The molecule has 0 unspecified atom stereocenters. The minimum atomic E-state index is 0. The third-order valence-corrected chi connectivity index (χ3v) is 4.62. The number of rotatable bonds is 8. The van der Waals surface area contributed by atoms with Gasteiger partial charge >= 0.3 is 0 Å². The molecular formula is C20H27ClIN7O. The van der Waals surface area contributed by atoms with Gasteiger partial charge in [-0.15, -0.1) is 24.0 Å². The summed E-state index contributed by atoms with van der Waals surface area (Å²) < 4.78 is 7.35. The van der Waals surface area contributed by atoms with Crippen LogP contribution in [0.3, 0.4) is 0 Å². The highest BCUT2D eigenvalue weighted by atomic mass is 127. The largest absolute Gasteiger partial charge is 0.356 e. The van der Waals surface area contributed by atoms with Gasteiger partial charge in [-0.25, -0.2) is 0 Å². The molecule has 0 bridgehead atoms. The van der Waals surface area contributed by atoms with Crippen LogP contribution < -0.4 is 10.6 Å². The van der Waals surface area contributed by atoms with Crippen molar-refractivity contribution in [2.24, 2.45) is 4.99 Å². The van der Waals surface area contributed by atoms with Gasteiger partial charge in [-0.3, -0.25) is 9.67 Å². The Morgan fingerprint density at radius 3 is 2.57 bits per heavy atom. The van der Waals surface area contributed by atoms with E-state index in [1.54, 1.807) is 19.2 Å². The molecule has 8 nitrogen and oxygen atoms in total. The Labute approximate surface area is 198 Å². The van der Waals surface area contributed by atoms with E-state index in [2.05, 4.69) is 43.9 Å². The van der Waals surface area contributed by atoms with Crippen LogP contribution in [-0.4, -0.2) is 46.0 Å². The number of guanidine groups is 1. The van der Waals surface area contributed by atoms with E-state index in [0.29, 0.717) is 29.7 Å². The molecule has 30 heavy (non-hydrogen) atoms. The Morgan fingerprint density at radius 2 is 1.90 bits per heavy atom. The fraction of sp³-hybridized carbons (Fsp3) is 0.400. The topological polar surface area (TPSA) is 93.2 Å². The van der Waals surface area contributed by atoms with Crippen molar-refractivity contribution in [1.82, 2.24) is 30.6 Å². The number of halogens is 2. The molecule has 2 heterocycles. The zero-order chi connectivity index (χ0) is 20.6. The van der Waals surface area contributed by atoms with Crippen molar-refractivity contribution in [3.8, 4) is 11.4 Å². The van der Waals surface area contributed by atoms with Gasteiger partial charge in [0.1, 0.15) is 0 Å². The van der Waals surface area contributed by atoms with E-state index in [1.807, 2.05) is 23.7 Å². The first-order chi connectivity index (χ1) is 14.0. The van der Waals surface area contributed by atoms with Crippen molar-refractivity contribution in [3.05, 3.63) is 52.6 Å². The molecule has 2 aromatic heterocycles. The van der Waals surface area contributed by atoms with E-state index in [4.69, 9.17) is 16.1 Å². The maximum Gasteiger partial charge on any atom is 0.228 e. The van der Waals surface area contributed by atoms with Gasteiger partial charge < -0.3 is 15.2 Å². The third kappa shape index (κ3) is 6.98. The molecule has 0 radical (unpaired) electrons. The zero-order valence-electron chi connectivity index (χ0n) is 17.4. The van der Waals surface area contributed by atoms with Crippen molar-refractivity contribution in [2.45, 2.75) is 33.2 Å². The molecule has 0 saturated heterocycles. The molecule has 1 aromatic carbocycles. The van der Waals surface area contributed by atoms with Gasteiger partial charge in [-0.2, -0.15) is 10.1 Å². The van der Waals surface area contributed by atoms with Gasteiger partial charge in [0.15, 0.2) is 5.96 Å². The molecule has 0 aliphatic rings. The van der Waals surface area contributed by atoms with Gasteiger partial charge in [0, 0.05) is 49.4 Å². The van der Waals surface area contributed by atoms with Crippen LogP contribution in [0.15, 0.2) is 39.8 Å². The number of aryl methyl sites for hydroxylation is 3. The number of nitrogens with one attached hydrogen (secondary N) is 2. The molecule has 0 aliphatic heterocycles. The molecule has 0 atom stereocenters. The van der Waals surface area contributed by atoms with Crippen LogP contribution >= 0.6 is 35.6 Å². The Bertz CT molecular complexity index is 952. The average molecular weight is 544 g/mol. The summed E-state index contributed by atoms with van der Waals surface area (Å²) in [6, 6.07) is 9.43. The van der Waals surface area contributed by atoms with Crippen LogP contribution in [0.25, 0.3) is 11.4 Å². The molecule has 0 aliphatic carbocycles. The number of aliphatic imine (C=N–C) groups is 1. The summed E-state index contributed by atoms with van der Waals surface area (Å²) in [5.74, 6) is 1.88. The molecular weight excluding hydrogens is 517 g/mol. The summed E-state index contributed by atoms with van der Waals surface area (Å²) in [7, 11) is 1.75. The standard InChI is InChI=1S/C20H26ClN7O.HI/c1-14-13-15(2)28(26-14)12-4-10-23-20(22-3)24-11-9-18-25-19(27-29-18)16-5-7-17(21)8-6-16;/h5-8,13H,4,9-12H2,1-3H3,(H2,22,23,24);1H.